The number of rotatable bonds is 11. The van der Waals surface area contributed by atoms with Gasteiger partial charge in [0.2, 0.25) is 0 Å². The van der Waals surface area contributed by atoms with Crippen LogP contribution in [-0.4, -0.2) is 0 Å². The highest BCUT2D eigenvalue weighted by molar-refractivity contribution is 5.02. The summed E-state index contributed by atoms with van der Waals surface area (Å²) in [5.74, 6) is 0. The molecule has 0 saturated heterocycles. The molecule has 0 rings (SSSR count). The third-order valence-corrected chi connectivity index (χ3v) is 2.83. The minimum Gasteiger partial charge on any atom is -0.0845 e. The highest BCUT2D eigenvalue weighted by atomic mass is 13.9. The lowest BCUT2D eigenvalue weighted by molar-refractivity contribution is 0.637. The lowest BCUT2D eigenvalue weighted by Gasteiger charge is -1.95. The zero-order valence-corrected chi connectivity index (χ0v) is 11.4. The molecule has 16 heavy (non-hydrogen) atoms. The predicted octanol–water partition coefficient (Wildman–Crippen LogP) is 6.04. The maximum atomic E-state index is 2.31. The van der Waals surface area contributed by atoms with Gasteiger partial charge in [0, 0.05) is 0 Å². The Kier molecular flexibility index (Phi) is 14.0. The minimum absolute atomic E-state index is 1.24. The molecule has 0 N–H and O–H groups in total. The van der Waals surface area contributed by atoms with Crippen molar-refractivity contribution < 1.29 is 0 Å². The largest absolute Gasteiger partial charge is 0.0845 e. The van der Waals surface area contributed by atoms with Crippen LogP contribution in [0.4, 0.5) is 0 Å². The van der Waals surface area contributed by atoms with E-state index >= 15 is 0 Å². The summed E-state index contributed by atoms with van der Waals surface area (Å²) >= 11 is 0. The number of allylic oxidation sites excluding steroid dienone is 4. The first-order chi connectivity index (χ1) is 7.91. The molecule has 0 aliphatic carbocycles. The topological polar surface area (TPSA) is 0 Å². The van der Waals surface area contributed by atoms with E-state index in [9.17, 15) is 0 Å². The van der Waals surface area contributed by atoms with Crippen LogP contribution in [0.1, 0.15) is 78.1 Å². The Balaban J connectivity index is 3.14. The highest BCUT2D eigenvalue weighted by Gasteiger charge is 1.85. The van der Waals surface area contributed by atoms with Crippen molar-refractivity contribution in [3.05, 3.63) is 24.3 Å². The van der Waals surface area contributed by atoms with Crippen LogP contribution in [0.25, 0.3) is 0 Å². The molecule has 0 aliphatic rings. The van der Waals surface area contributed by atoms with Crippen molar-refractivity contribution in [3.63, 3.8) is 0 Å². The maximum Gasteiger partial charge on any atom is -0.0348 e. The first-order valence-corrected chi connectivity index (χ1v) is 7.23. The molecular weight excluding hydrogens is 192 g/mol. The van der Waals surface area contributed by atoms with Crippen LogP contribution in [0.5, 0.6) is 0 Å². The third kappa shape index (κ3) is 13.5. The van der Waals surface area contributed by atoms with Gasteiger partial charge < -0.3 is 0 Å². The highest BCUT2D eigenvalue weighted by Crippen LogP contribution is 2.05. The molecule has 0 heterocycles. The summed E-state index contributed by atoms with van der Waals surface area (Å²) in [5.41, 5.74) is 0. The fraction of sp³-hybridized carbons (Fsp3) is 0.750. The van der Waals surface area contributed by atoms with Crippen LogP contribution >= 0.6 is 0 Å². The summed E-state index contributed by atoms with van der Waals surface area (Å²) < 4.78 is 0. The van der Waals surface area contributed by atoms with Crippen molar-refractivity contribution in [3.8, 4) is 0 Å². The van der Waals surface area contributed by atoms with Crippen molar-refractivity contribution in [2.45, 2.75) is 78.1 Å². The van der Waals surface area contributed by atoms with Crippen molar-refractivity contribution in [2.75, 3.05) is 0 Å². The Bertz CT molecular complexity index is 165. The van der Waals surface area contributed by atoms with Gasteiger partial charge in [0.25, 0.3) is 0 Å². The molecule has 0 atom stereocenters. The Morgan fingerprint density at radius 2 is 1.00 bits per heavy atom. The van der Waals surface area contributed by atoms with E-state index in [0.29, 0.717) is 0 Å². The van der Waals surface area contributed by atoms with E-state index in [1.807, 2.05) is 0 Å². The van der Waals surface area contributed by atoms with Gasteiger partial charge in [-0.15, -0.1) is 0 Å². The molecule has 0 bridgehead atoms. The van der Waals surface area contributed by atoms with Gasteiger partial charge in [-0.3, -0.25) is 0 Å². The van der Waals surface area contributed by atoms with Crippen molar-refractivity contribution in [1.82, 2.24) is 0 Å². The monoisotopic (exact) mass is 222 g/mol. The number of hydrogen-bond donors (Lipinski definition) is 0. The van der Waals surface area contributed by atoms with Crippen LogP contribution in [0.2, 0.25) is 0 Å². The molecular formula is C16H30. The lowest BCUT2D eigenvalue weighted by Crippen LogP contribution is -1.75. The molecule has 0 spiro atoms. The molecule has 0 aromatic heterocycles. The zero-order chi connectivity index (χ0) is 11.9. The van der Waals surface area contributed by atoms with Crippen LogP contribution in [0.3, 0.4) is 0 Å². The standard InChI is InChI=1S/C16H30/c1-3-5-7-9-11-13-15-16-14-12-10-8-6-4-2/h11,13,15-16H,3-10,12,14H2,1-2H3. The molecule has 0 heteroatoms. The summed E-state index contributed by atoms with van der Waals surface area (Å²) in [6.45, 7) is 4.52. The molecule has 0 amide bonds. The fourth-order valence-corrected chi connectivity index (χ4v) is 1.73. The first-order valence-electron chi connectivity index (χ1n) is 7.23. The zero-order valence-electron chi connectivity index (χ0n) is 11.4. The number of unbranched alkanes of at least 4 members (excludes halogenated alkanes) is 8. The SMILES string of the molecule is CCCCCC=CC=CCCCCCCC. The normalized spacial score (nSPS) is 11.9. The molecule has 0 nitrogen and oxygen atoms in total. The Morgan fingerprint density at radius 1 is 0.562 bits per heavy atom. The average Bonchev–Trinajstić information content (AvgIpc) is 2.31. The van der Waals surface area contributed by atoms with E-state index in [1.54, 1.807) is 0 Å². The van der Waals surface area contributed by atoms with Crippen molar-refractivity contribution in [2.24, 2.45) is 0 Å². The van der Waals surface area contributed by atoms with E-state index in [2.05, 4.69) is 38.2 Å². The van der Waals surface area contributed by atoms with Crippen LogP contribution < -0.4 is 0 Å². The van der Waals surface area contributed by atoms with E-state index < -0.39 is 0 Å². The summed E-state index contributed by atoms with van der Waals surface area (Å²) in [6.07, 6.45) is 22.5. The second-order valence-electron chi connectivity index (χ2n) is 4.55. The summed E-state index contributed by atoms with van der Waals surface area (Å²) in [7, 11) is 0. The fourth-order valence-electron chi connectivity index (χ4n) is 1.73. The van der Waals surface area contributed by atoms with E-state index in [4.69, 9.17) is 0 Å². The van der Waals surface area contributed by atoms with Gasteiger partial charge in [-0.2, -0.15) is 0 Å². The summed E-state index contributed by atoms with van der Waals surface area (Å²) in [5, 5.41) is 0. The Labute approximate surface area is 103 Å². The first kappa shape index (κ1) is 15.5. The van der Waals surface area contributed by atoms with E-state index in [1.165, 1.54) is 64.2 Å². The van der Waals surface area contributed by atoms with Gasteiger partial charge in [-0.25, -0.2) is 0 Å². The molecule has 0 saturated carbocycles. The second kappa shape index (κ2) is 14.5. The predicted molar refractivity (Wildman–Crippen MR) is 75.8 cm³/mol. The van der Waals surface area contributed by atoms with Gasteiger partial charge in [0.1, 0.15) is 0 Å². The molecule has 0 unspecified atom stereocenters. The van der Waals surface area contributed by atoms with Gasteiger partial charge in [0.05, 0.1) is 0 Å². The summed E-state index contributed by atoms with van der Waals surface area (Å²) in [6, 6.07) is 0. The maximum absolute atomic E-state index is 2.31. The van der Waals surface area contributed by atoms with Crippen LogP contribution in [0.15, 0.2) is 24.3 Å². The molecule has 0 aromatic carbocycles. The average molecular weight is 222 g/mol. The molecule has 94 valence electrons. The quantitative estimate of drug-likeness (QED) is 0.295. The molecule has 0 fully saturated rings. The number of hydrogen-bond acceptors (Lipinski definition) is 0. The van der Waals surface area contributed by atoms with Gasteiger partial charge in [-0.1, -0.05) is 76.7 Å². The molecule has 0 radical (unpaired) electrons. The third-order valence-electron chi connectivity index (χ3n) is 2.83. The van der Waals surface area contributed by atoms with Gasteiger partial charge >= 0.3 is 0 Å². The van der Waals surface area contributed by atoms with Crippen molar-refractivity contribution >= 4 is 0 Å². The molecule has 0 aliphatic heterocycles. The second-order valence-corrected chi connectivity index (χ2v) is 4.55. The Hall–Kier alpha value is -0.520. The van der Waals surface area contributed by atoms with Crippen LogP contribution in [-0.2, 0) is 0 Å². The van der Waals surface area contributed by atoms with Gasteiger partial charge in [0.15, 0.2) is 0 Å². The van der Waals surface area contributed by atoms with Gasteiger partial charge in [-0.05, 0) is 25.7 Å². The lowest BCUT2D eigenvalue weighted by atomic mass is 10.1. The minimum atomic E-state index is 1.24. The van der Waals surface area contributed by atoms with E-state index in [-0.39, 0.29) is 0 Å². The van der Waals surface area contributed by atoms with Crippen molar-refractivity contribution in [1.29, 1.82) is 0 Å². The summed E-state index contributed by atoms with van der Waals surface area (Å²) in [4.78, 5) is 0. The smallest absolute Gasteiger partial charge is 0.0348 e. The van der Waals surface area contributed by atoms with E-state index in [0.717, 1.165) is 0 Å². The van der Waals surface area contributed by atoms with Crippen LogP contribution in [0, 0.1) is 0 Å². The molecule has 0 aromatic rings. The Morgan fingerprint density at radius 3 is 1.56 bits per heavy atom.